The number of hydrogen-bond donors (Lipinski definition) is 3. The molecule has 0 bridgehead atoms. The molecule has 5 amide bonds. The first-order valence-corrected chi connectivity index (χ1v) is 17.2. The van der Waals surface area contributed by atoms with Gasteiger partial charge in [-0.05, 0) is 78.5 Å². The molecule has 3 N–H and O–H groups in total. The molecule has 2 saturated heterocycles. The molecule has 4 heterocycles. The van der Waals surface area contributed by atoms with Crippen LogP contribution < -0.4 is 21.1 Å². The van der Waals surface area contributed by atoms with E-state index in [0.29, 0.717) is 19.4 Å². The van der Waals surface area contributed by atoms with Crippen LogP contribution in [0.5, 0.6) is 0 Å². The average Bonchev–Trinajstić information content (AvgIpc) is 3.78. The van der Waals surface area contributed by atoms with Gasteiger partial charge >= 0.3 is 6.09 Å². The Morgan fingerprint density at radius 3 is 2.39 bits per heavy atom. The summed E-state index contributed by atoms with van der Waals surface area (Å²) in [5, 5.41) is 5.45. The van der Waals surface area contributed by atoms with Crippen molar-refractivity contribution in [2.45, 2.75) is 96.9 Å². The van der Waals surface area contributed by atoms with Crippen molar-refractivity contribution in [3.8, 4) is 0 Å². The number of nitrogens with zero attached hydrogens (tertiary/aromatic N) is 4. The first-order chi connectivity index (χ1) is 23.1. The second-order valence-electron chi connectivity index (χ2n) is 13.8. The van der Waals surface area contributed by atoms with E-state index in [0.717, 1.165) is 29.1 Å². The Bertz CT molecular complexity index is 1740. The molecule has 14 heteroatoms. The van der Waals surface area contributed by atoms with Crippen molar-refractivity contribution >= 4 is 46.9 Å². The van der Waals surface area contributed by atoms with E-state index in [1.54, 1.807) is 31.7 Å². The first kappa shape index (κ1) is 35.5. The number of thiazole rings is 1. The molecule has 2 unspecified atom stereocenters. The molecule has 13 nitrogen and oxygen atoms in total. The minimum absolute atomic E-state index is 0.0890. The molecule has 2 aliphatic heterocycles. The van der Waals surface area contributed by atoms with E-state index in [9.17, 15) is 24.0 Å². The Hall–Kier alpha value is -4.85. The molecule has 5 rings (SSSR count). The SMILES string of the molecule is Cc1csc([C@H]2CCCN2C(=O)c2cc(C(=O)NNC(=O)C(C)(Cc3ccccc3)NC(=O)OC(C)(C)C)nc(N3C(=O)CCC3C)c2)n1. The van der Waals surface area contributed by atoms with Crippen LogP contribution in [-0.4, -0.2) is 68.3 Å². The normalized spacial score (nSPS) is 18.9. The molecule has 2 aliphatic rings. The van der Waals surface area contributed by atoms with Gasteiger partial charge in [0.15, 0.2) is 0 Å². The minimum atomic E-state index is -1.54. The molecule has 1 aromatic carbocycles. The molecule has 2 aromatic heterocycles. The van der Waals surface area contributed by atoms with E-state index in [1.165, 1.54) is 29.2 Å². The fourth-order valence-electron chi connectivity index (χ4n) is 6.05. The Kier molecular flexibility index (Phi) is 10.4. The molecule has 3 aromatic rings. The highest BCUT2D eigenvalue weighted by atomic mass is 32.1. The Labute approximate surface area is 289 Å². The van der Waals surface area contributed by atoms with Gasteiger partial charge in [-0.1, -0.05) is 30.3 Å². The summed E-state index contributed by atoms with van der Waals surface area (Å²) < 4.78 is 5.41. The molecule has 0 aliphatic carbocycles. The third-order valence-corrected chi connectivity index (χ3v) is 9.49. The van der Waals surface area contributed by atoms with Gasteiger partial charge < -0.3 is 15.0 Å². The van der Waals surface area contributed by atoms with Gasteiger partial charge in [0.2, 0.25) is 5.91 Å². The zero-order valence-corrected chi connectivity index (χ0v) is 29.5. The molecule has 3 atom stereocenters. The fourth-order valence-corrected chi connectivity index (χ4v) is 6.99. The number of anilines is 1. The summed E-state index contributed by atoms with van der Waals surface area (Å²) in [5.74, 6) is -1.82. The van der Waals surface area contributed by atoms with Crippen LogP contribution in [0.1, 0.15) is 103 Å². The van der Waals surface area contributed by atoms with Crippen molar-refractivity contribution in [2.75, 3.05) is 11.4 Å². The van der Waals surface area contributed by atoms with E-state index >= 15 is 0 Å². The van der Waals surface area contributed by atoms with Crippen LogP contribution in [-0.2, 0) is 20.7 Å². The van der Waals surface area contributed by atoms with E-state index in [2.05, 4.69) is 26.1 Å². The van der Waals surface area contributed by atoms with Crippen molar-refractivity contribution in [3.05, 3.63) is 75.4 Å². The summed E-state index contributed by atoms with van der Waals surface area (Å²) in [6, 6.07) is 11.6. The molecule has 0 spiro atoms. The van der Waals surface area contributed by atoms with Gasteiger partial charge in [0.25, 0.3) is 17.7 Å². The van der Waals surface area contributed by atoms with Gasteiger partial charge in [-0.15, -0.1) is 11.3 Å². The zero-order valence-electron chi connectivity index (χ0n) is 28.7. The lowest BCUT2D eigenvalue weighted by Gasteiger charge is -2.31. The number of pyridine rings is 1. The van der Waals surface area contributed by atoms with Crippen LogP contribution in [0.3, 0.4) is 0 Å². The smallest absolute Gasteiger partial charge is 0.408 e. The summed E-state index contributed by atoms with van der Waals surface area (Å²) >= 11 is 1.50. The third-order valence-electron chi connectivity index (χ3n) is 8.43. The summed E-state index contributed by atoms with van der Waals surface area (Å²) in [6.45, 7) is 11.0. The summed E-state index contributed by atoms with van der Waals surface area (Å²) in [4.78, 5) is 79.3. The van der Waals surface area contributed by atoms with Gasteiger partial charge in [-0.3, -0.25) is 34.9 Å². The van der Waals surface area contributed by atoms with Gasteiger partial charge in [-0.25, -0.2) is 14.8 Å². The minimum Gasteiger partial charge on any atom is -0.444 e. The predicted octanol–water partition coefficient (Wildman–Crippen LogP) is 4.63. The lowest BCUT2D eigenvalue weighted by molar-refractivity contribution is -0.128. The molecule has 260 valence electrons. The summed E-state index contributed by atoms with van der Waals surface area (Å²) in [6.07, 6.45) is 1.78. The van der Waals surface area contributed by atoms with Crippen LogP contribution in [0.25, 0.3) is 0 Å². The number of aromatic nitrogens is 2. The number of alkyl carbamates (subject to hydrolysis) is 1. The largest absolute Gasteiger partial charge is 0.444 e. The maximum atomic E-state index is 14.0. The second-order valence-corrected chi connectivity index (χ2v) is 14.7. The number of aryl methyl sites for hydroxylation is 1. The monoisotopic (exact) mass is 689 g/mol. The average molecular weight is 690 g/mol. The number of carbonyl (C=O) groups excluding carboxylic acids is 5. The standard InChI is InChI=1S/C35H43N7O6S/c1-21-20-49-30(36-21)26-13-10-16-41(26)31(45)24-17-25(37-27(18-24)42-22(2)14-15-28(42)43)29(44)39-40-32(46)35(6,19-23-11-8-7-9-12-23)38-33(47)48-34(3,4)5/h7-9,11-12,17-18,20,22,26H,10,13-16,19H2,1-6H3,(H,38,47)(H,39,44)(H,40,46)/t22?,26-,35?/m1/s1. The number of nitrogens with one attached hydrogen (secondary N) is 3. The van der Waals surface area contributed by atoms with Crippen LogP contribution >= 0.6 is 11.3 Å². The first-order valence-electron chi connectivity index (χ1n) is 16.4. The second kappa shape index (κ2) is 14.3. The van der Waals surface area contributed by atoms with E-state index in [-0.39, 0.29) is 47.4 Å². The highest BCUT2D eigenvalue weighted by Gasteiger charge is 2.38. The number of rotatable bonds is 8. The van der Waals surface area contributed by atoms with Gasteiger partial charge in [-0.2, -0.15) is 0 Å². The highest BCUT2D eigenvalue weighted by molar-refractivity contribution is 7.09. The van der Waals surface area contributed by atoms with Crippen LogP contribution in [0, 0.1) is 6.92 Å². The van der Waals surface area contributed by atoms with E-state index in [1.807, 2.05) is 49.6 Å². The van der Waals surface area contributed by atoms with Crippen LogP contribution in [0.15, 0.2) is 47.8 Å². The predicted molar refractivity (Wildman–Crippen MR) is 184 cm³/mol. The van der Waals surface area contributed by atoms with Gasteiger partial charge in [0.1, 0.15) is 27.7 Å². The van der Waals surface area contributed by atoms with Gasteiger partial charge in [0, 0.05) is 42.1 Å². The molecule has 0 saturated carbocycles. The lowest BCUT2D eigenvalue weighted by atomic mass is 9.92. The number of hydrazine groups is 1. The lowest BCUT2D eigenvalue weighted by Crippen LogP contribution is -2.61. The maximum absolute atomic E-state index is 14.0. The van der Waals surface area contributed by atoms with Crippen molar-refractivity contribution in [1.29, 1.82) is 0 Å². The quantitative estimate of drug-likeness (QED) is 0.289. The Balaban J connectivity index is 1.40. The fraction of sp³-hybridized carbons (Fsp3) is 0.457. The van der Waals surface area contributed by atoms with Crippen molar-refractivity contribution in [3.63, 3.8) is 0 Å². The number of ether oxygens (including phenoxy) is 1. The van der Waals surface area contributed by atoms with Crippen LogP contribution in [0.4, 0.5) is 10.6 Å². The van der Waals surface area contributed by atoms with Crippen molar-refractivity contribution < 1.29 is 28.7 Å². The molecular weight excluding hydrogens is 646 g/mol. The maximum Gasteiger partial charge on any atom is 0.408 e. The molecule has 49 heavy (non-hydrogen) atoms. The Morgan fingerprint density at radius 2 is 1.76 bits per heavy atom. The van der Waals surface area contributed by atoms with E-state index < -0.39 is 29.0 Å². The molecule has 2 fully saturated rings. The number of amides is 5. The van der Waals surface area contributed by atoms with Crippen molar-refractivity contribution in [1.82, 2.24) is 31.0 Å². The topological polar surface area (TPSA) is 163 Å². The van der Waals surface area contributed by atoms with Gasteiger partial charge in [0.05, 0.1) is 6.04 Å². The highest BCUT2D eigenvalue weighted by Crippen LogP contribution is 2.35. The number of hydrogen-bond acceptors (Lipinski definition) is 9. The molecule has 0 radical (unpaired) electrons. The van der Waals surface area contributed by atoms with E-state index in [4.69, 9.17) is 4.74 Å². The third kappa shape index (κ3) is 8.42. The zero-order chi connectivity index (χ0) is 35.5. The molecular formula is C35H43N7O6S. The Morgan fingerprint density at radius 1 is 1.02 bits per heavy atom. The number of carbonyl (C=O) groups is 5. The number of likely N-dealkylation sites (tertiary alicyclic amines) is 1. The van der Waals surface area contributed by atoms with Crippen LogP contribution in [0.2, 0.25) is 0 Å². The summed E-state index contributed by atoms with van der Waals surface area (Å²) in [5.41, 5.74) is 4.13. The summed E-state index contributed by atoms with van der Waals surface area (Å²) in [7, 11) is 0. The number of benzene rings is 1. The van der Waals surface area contributed by atoms with Crippen molar-refractivity contribution in [2.24, 2.45) is 0 Å².